The van der Waals surface area contributed by atoms with Crippen LogP contribution in [-0.4, -0.2) is 49.8 Å². The lowest BCUT2D eigenvalue weighted by Crippen LogP contribution is -2.49. The molecule has 0 aromatic heterocycles. The summed E-state index contributed by atoms with van der Waals surface area (Å²) >= 11 is 9.19. The summed E-state index contributed by atoms with van der Waals surface area (Å²) in [6.07, 6.45) is 2.52. The van der Waals surface area contributed by atoms with Gasteiger partial charge in [0.15, 0.2) is 0 Å². The molecule has 7 heteroatoms. The summed E-state index contributed by atoms with van der Waals surface area (Å²) in [6, 6.07) is 5.45. The molecule has 0 atom stereocenters. The fraction of sp³-hybridized carbons (Fsp3) is 0.538. The molecule has 4 nitrogen and oxygen atoms in total. The van der Waals surface area contributed by atoms with Gasteiger partial charge in [0.1, 0.15) is 0 Å². The van der Waals surface area contributed by atoms with Crippen molar-refractivity contribution in [2.24, 2.45) is 0 Å². The predicted octanol–water partition coefficient (Wildman–Crippen LogP) is 2.57. The zero-order chi connectivity index (χ0) is 14.3. The number of nitrogens with zero attached hydrogens (tertiary/aromatic N) is 2. The molecule has 0 spiro atoms. The second-order valence-electron chi connectivity index (χ2n) is 5.25. The lowest BCUT2D eigenvalue weighted by Gasteiger charge is -2.34. The van der Waals surface area contributed by atoms with E-state index in [9.17, 15) is 8.42 Å². The van der Waals surface area contributed by atoms with Crippen molar-refractivity contribution in [3.05, 3.63) is 27.7 Å². The second kappa shape index (κ2) is 5.57. The van der Waals surface area contributed by atoms with Crippen molar-refractivity contribution in [3.63, 3.8) is 0 Å². The first-order valence-electron chi connectivity index (χ1n) is 6.68. The molecule has 1 saturated heterocycles. The highest BCUT2D eigenvalue weighted by molar-refractivity contribution is 9.10. The number of sulfonamides is 1. The van der Waals surface area contributed by atoms with E-state index in [1.54, 1.807) is 22.5 Å². The van der Waals surface area contributed by atoms with Crippen molar-refractivity contribution in [2.45, 2.75) is 23.8 Å². The molecule has 1 aromatic carbocycles. The van der Waals surface area contributed by atoms with Crippen molar-refractivity contribution < 1.29 is 8.42 Å². The number of hydrogen-bond donors (Lipinski definition) is 0. The number of piperazine rings is 1. The van der Waals surface area contributed by atoms with E-state index < -0.39 is 10.0 Å². The van der Waals surface area contributed by atoms with Gasteiger partial charge in [-0.2, -0.15) is 4.31 Å². The summed E-state index contributed by atoms with van der Waals surface area (Å²) in [5.41, 5.74) is 0. The Balaban J connectivity index is 1.76. The zero-order valence-corrected chi connectivity index (χ0v) is 14.1. The van der Waals surface area contributed by atoms with E-state index in [0.29, 0.717) is 33.5 Å². The largest absolute Gasteiger partial charge is 0.298 e. The molecule has 0 radical (unpaired) electrons. The third-order valence-corrected chi connectivity index (χ3v) is 6.97. The van der Waals surface area contributed by atoms with E-state index in [4.69, 9.17) is 11.6 Å². The summed E-state index contributed by atoms with van der Waals surface area (Å²) in [5.74, 6) is 0. The second-order valence-corrected chi connectivity index (χ2v) is 8.45. The Morgan fingerprint density at radius 2 is 1.80 bits per heavy atom. The fourth-order valence-corrected chi connectivity index (χ4v) is 4.63. The molecule has 2 fully saturated rings. The maximum atomic E-state index is 12.6. The summed E-state index contributed by atoms with van der Waals surface area (Å²) in [5, 5.41) is 0.516. The van der Waals surface area contributed by atoms with Crippen LogP contribution in [0, 0.1) is 0 Å². The Kier molecular flexibility index (Phi) is 4.12. The monoisotopic (exact) mass is 378 g/mol. The predicted molar refractivity (Wildman–Crippen MR) is 82.5 cm³/mol. The molecule has 0 N–H and O–H groups in total. The lowest BCUT2D eigenvalue weighted by atomic mass is 10.3. The molecule has 110 valence electrons. The van der Waals surface area contributed by atoms with E-state index in [1.807, 2.05) is 0 Å². The minimum Gasteiger partial charge on any atom is -0.298 e. The van der Waals surface area contributed by atoms with Crippen LogP contribution in [0.1, 0.15) is 12.8 Å². The van der Waals surface area contributed by atoms with Crippen molar-refractivity contribution in [3.8, 4) is 0 Å². The third-order valence-electron chi connectivity index (χ3n) is 3.87. The molecule has 0 bridgehead atoms. The molecule has 1 heterocycles. The average molecular weight is 380 g/mol. The molecular formula is C13H16BrClN2O2S. The first-order chi connectivity index (χ1) is 9.48. The standard InChI is InChI=1S/C13H16BrClN2O2S/c14-12-9-11(3-4-13(12)15)20(18,19)17-7-5-16(6-8-17)10-1-2-10/h3-4,9-10H,1-2,5-8H2. The van der Waals surface area contributed by atoms with Gasteiger partial charge in [-0.15, -0.1) is 0 Å². The quantitative estimate of drug-likeness (QED) is 0.810. The van der Waals surface area contributed by atoms with Crippen LogP contribution in [0.15, 0.2) is 27.6 Å². The Hall–Kier alpha value is -0.140. The first kappa shape index (κ1) is 14.8. The highest BCUT2D eigenvalue weighted by Gasteiger charge is 2.34. The molecule has 1 aliphatic heterocycles. The molecular weight excluding hydrogens is 364 g/mol. The van der Waals surface area contributed by atoms with Crippen molar-refractivity contribution >= 4 is 37.6 Å². The molecule has 0 amide bonds. The topological polar surface area (TPSA) is 40.6 Å². The van der Waals surface area contributed by atoms with E-state index in [0.717, 1.165) is 13.1 Å². The molecule has 1 aliphatic carbocycles. The van der Waals surface area contributed by atoms with Gasteiger partial charge in [-0.05, 0) is 47.0 Å². The minimum atomic E-state index is -3.41. The number of hydrogen-bond acceptors (Lipinski definition) is 3. The van der Waals surface area contributed by atoms with Gasteiger partial charge in [0, 0.05) is 36.7 Å². The van der Waals surface area contributed by atoms with E-state index in [1.165, 1.54) is 12.8 Å². The van der Waals surface area contributed by atoms with Crippen LogP contribution in [-0.2, 0) is 10.0 Å². The van der Waals surface area contributed by atoms with Gasteiger partial charge in [-0.3, -0.25) is 4.90 Å². The van der Waals surface area contributed by atoms with Crippen LogP contribution in [0.4, 0.5) is 0 Å². The van der Waals surface area contributed by atoms with Crippen LogP contribution < -0.4 is 0 Å². The Labute approximate surface area is 132 Å². The Bertz CT molecular complexity index is 611. The summed E-state index contributed by atoms with van der Waals surface area (Å²) in [7, 11) is -3.41. The SMILES string of the molecule is O=S(=O)(c1ccc(Cl)c(Br)c1)N1CCN(C2CC2)CC1. The van der Waals surface area contributed by atoms with E-state index in [-0.39, 0.29) is 0 Å². The molecule has 20 heavy (non-hydrogen) atoms. The van der Waals surface area contributed by atoms with Crippen LogP contribution in [0.25, 0.3) is 0 Å². The minimum absolute atomic E-state index is 0.300. The highest BCUT2D eigenvalue weighted by Crippen LogP contribution is 2.30. The smallest absolute Gasteiger partial charge is 0.243 e. The van der Waals surface area contributed by atoms with Crippen LogP contribution in [0.5, 0.6) is 0 Å². The number of halogens is 2. The first-order valence-corrected chi connectivity index (χ1v) is 9.29. The van der Waals surface area contributed by atoms with Gasteiger partial charge in [0.2, 0.25) is 10.0 Å². The van der Waals surface area contributed by atoms with Crippen molar-refractivity contribution in [2.75, 3.05) is 26.2 Å². The van der Waals surface area contributed by atoms with Gasteiger partial charge in [0.05, 0.1) is 9.92 Å². The van der Waals surface area contributed by atoms with Gasteiger partial charge in [-0.1, -0.05) is 11.6 Å². The van der Waals surface area contributed by atoms with Gasteiger partial charge < -0.3 is 0 Å². The molecule has 2 aliphatic rings. The Morgan fingerprint density at radius 3 is 2.35 bits per heavy atom. The molecule has 3 rings (SSSR count). The Morgan fingerprint density at radius 1 is 1.15 bits per heavy atom. The van der Waals surface area contributed by atoms with Gasteiger partial charge in [0.25, 0.3) is 0 Å². The zero-order valence-electron chi connectivity index (χ0n) is 10.9. The number of rotatable bonds is 3. The van der Waals surface area contributed by atoms with Crippen LogP contribution in [0.2, 0.25) is 5.02 Å². The molecule has 1 aromatic rings. The van der Waals surface area contributed by atoms with Crippen LogP contribution in [0.3, 0.4) is 0 Å². The van der Waals surface area contributed by atoms with Gasteiger partial charge >= 0.3 is 0 Å². The average Bonchev–Trinajstić information content (AvgIpc) is 3.26. The van der Waals surface area contributed by atoms with Gasteiger partial charge in [-0.25, -0.2) is 8.42 Å². The van der Waals surface area contributed by atoms with Crippen molar-refractivity contribution in [1.29, 1.82) is 0 Å². The van der Waals surface area contributed by atoms with E-state index >= 15 is 0 Å². The maximum Gasteiger partial charge on any atom is 0.243 e. The lowest BCUT2D eigenvalue weighted by molar-refractivity contribution is 0.180. The summed E-state index contributed by atoms with van der Waals surface area (Å²) in [4.78, 5) is 2.69. The van der Waals surface area contributed by atoms with Crippen molar-refractivity contribution in [1.82, 2.24) is 9.21 Å². The summed E-state index contributed by atoms with van der Waals surface area (Å²) < 4.78 is 27.4. The third kappa shape index (κ3) is 2.90. The molecule has 0 unspecified atom stereocenters. The van der Waals surface area contributed by atoms with Crippen LogP contribution >= 0.6 is 27.5 Å². The summed E-state index contributed by atoms with van der Waals surface area (Å²) in [6.45, 7) is 2.80. The van der Waals surface area contributed by atoms with E-state index in [2.05, 4.69) is 20.8 Å². The maximum absolute atomic E-state index is 12.6. The fourth-order valence-electron chi connectivity index (χ4n) is 2.54. The normalized spacial score (nSPS) is 22.1. The highest BCUT2D eigenvalue weighted by atomic mass is 79.9. The number of benzene rings is 1. The molecule has 1 saturated carbocycles.